The predicted molar refractivity (Wildman–Crippen MR) is 127 cm³/mol. The van der Waals surface area contributed by atoms with Crippen molar-refractivity contribution in [1.29, 1.82) is 0 Å². The van der Waals surface area contributed by atoms with Crippen LogP contribution in [0.5, 0.6) is 0 Å². The van der Waals surface area contributed by atoms with Crippen LogP contribution < -0.4 is 0 Å². The number of fused-ring (bicyclic) bond motifs is 2. The fraction of sp³-hybridized carbons (Fsp3) is 0.333. The van der Waals surface area contributed by atoms with Crippen LogP contribution in [0.25, 0.3) is 5.69 Å². The molecule has 5 rings (SSSR count). The average molecular weight is 506 g/mol. The summed E-state index contributed by atoms with van der Waals surface area (Å²) in [5.41, 5.74) is 2.27. The zero-order valence-corrected chi connectivity index (χ0v) is 20.3. The molecule has 172 valence electrons. The number of carbonyl (C=O) groups is 1. The Labute approximate surface area is 205 Å². The van der Waals surface area contributed by atoms with Gasteiger partial charge in [0.15, 0.2) is 0 Å². The Balaban J connectivity index is 1.44. The topological polar surface area (TPSA) is 47.4 Å². The normalized spacial score (nSPS) is 22.5. The molecule has 1 aliphatic heterocycles. The molecule has 0 spiro atoms. The molecule has 9 heteroatoms. The molecular weight excluding hydrogens is 484 g/mol. The van der Waals surface area contributed by atoms with Crippen LogP contribution in [0.15, 0.2) is 53.6 Å². The number of esters is 1. The average Bonchev–Trinajstić information content (AvgIpc) is 3.22. The largest absolute Gasteiger partial charge is 0.469 e. The fourth-order valence-electron chi connectivity index (χ4n) is 5.01. The molecule has 1 fully saturated rings. The summed E-state index contributed by atoms with van der Waals surface area (Å²) >= 11 is 13.8. The van der Waals surface area contributed by atoms with E-state index < -0.39 is 5.41 Å². The van der Waals surface area contributed by atoms with Gasteiger partial charge in [-0.05, 0) is 85.2 Å². The van der Waals surface area contributed by atoms with E-state index in [0.717, 1.165) is 34.8 Å². The van der Waals surface area contributed by atoms with Crippen molar-refractivity contribution < 1.29 is 13.9 Å². The highest BCUT2D eigenvalue weighted by molar-refractivity contribution is 7.97. The minimum absolute atomic E-state index is 0.124. The Kier molecular flexibility index (Phi) is 6.16. The van der Waals surface area contributed by atoms with E-state index in [1.165, 1.54) is 19.2 Å². The Morgan fingerprint density at radius 3 is 2.73 bits per heavy atom. The fourth-order valence-corrected chi connectivity index (χ4v) is 6.47. The summed E-state index contributed by atoms with van der Waals surface area (Å²) in [6.45, 7) is 1.39. The van der Waals surface area contributed by atoms with Crippen LogP contribution in [0.4, 0.5) is 4.39 Å². The molecule has 5 nitrogen and oxygen atoms in total. The second kappa shape index (κ2) is 8.95. The van der Waals surface area contributed by atoms with E-state index >= 15 is 0 Å². The zero-order valence-electron chi connectivity index (χ0n) is 17.9. The van der Waals surface area contributed by atoms with Crippen LogP contribution in [0.3, 0.4) is 0 Å². The maximum Gasteiger partial charge on any atom is 0.313 e. The summed E-state index contributed by atoms with van der Waals surface area (Å²) in [6.07, 6.45) is 3.94. The molecule has 1 aliphatic carbocycles. The van der Waals surface area contributed by atoms with E-state index in [0.29, 0.717) is 29.4 Å². The highest BCUT2D eigenvalue weighted by Gasteiger charge is 2.53. The van der Waals surface area contributed by atoms with E-state index in [-0.39, 0.29) is 17.7 Å². The number of hydrogen-bond acceptors (Lipinski definition) is 5. The first-order chi connectivity index (χ1) is 15.9. The van der Waals surface area contributed by atoms with Gasteiger partial charge in [0.1, 0.15) is 5.82 Å². The third-order valence-corrected chi connectivity index (χ3v) is 8.43. The van der Waals surface area contributed by atoms with Gasteiger partial charge in [0.25, 0.3) is 0 Å². The van der Waals surface area contributed by atoms with Crippen molar-refractivity contribution in [2.75, 3.05) is 20.2 Å². The third kappa shape index (κ3) is 4.16. The smallest absolute Gasteiger partial charge is 0.313 e. The molecule has 1 saturated heterocycles. The van der Waals surface area contributed by atoms with Crippen molar-refractivity contribution in [3.63, 3.8) is 0 Å². The highest BCUT2D eigenvalue weighted by atomic mass is 35.5. The lowest BCUT2D eigenvalue weighted by atomic mass is 9.63. The van der Waals surface area contributed by atoms with Crippen molar-refractivity contribution in [3.8, 4) is 5.69 Å². The molecule has 0 N–H and O–H groups in total. The number of hydrogen-bond donors (Lipinski definition) is 0. The number of ether oxygens (including phenoxy) is 1. The second-order valence-corrected chi connectivity index (χ2v) is 10.5. The molecule has 2 heterocycles. The number of piperidine rings is 1. The molecule has 0 radical (unpaired) electrons. The molecular formula is C24H22Cl2FN3O2S. The van der Waals surface area contributed by atoms with E-state index in [9.17, 15) is 9.18 Å². The number of nitrogens with zero attached hydrogens (tertiary/aromatic N) is 3. The number of rotatable bonds is 4. The second-order valence-electron chi connectivity index (χ2n) is 8.55. The van der Waals surface area contributed by atoms with Crippen molar-refractivity contribution in [2.45, 2.75) is 24.2 Å². The van der Waals surface area contributed by atoms with Crippen LogP contribution in [0.1, 0.15) is 17.7 Å². The van der Waals surface area contributed by atoms with E-state index in [4.69, 9.17) is 27.9 Å². The Bertz CT molecular complexity index is 1200. The highest BCUT2D eigenvalue weighted by Crippen LogP contribution is 2.48. The molecule has 1 aromatic heterocycles. The summed E-state index contributed by atoms with van der Waals surface area (Å²) in [6, 6.07) is 11.9. The lowest BCUT2D eigenvalue weighted by Crippen LogP contribution is -2.55. The summed E-state index contributed by atoms with van der Waals surface area (Å²) in [5, 5.41) is 5.60. The van der Waals surface area contributed by atoms with Gasteiger partial charge in [-0.1, -0.05) is 23.2 Å². The van der Waals surface area contributed by atoms with E-state index in [1.807, 2.05) is 23.0 Å². The van der Waals surface area contributed by atoms with E-state index in [1.54, 1.807) is 30.1 Å². The SMILES string of the molecule is COC(=O)C12Cc3cnn(-c4ccc(F)cc4)c3CC1CCN(Sc1ccc(Cl)c(Cl)c1)C2. The van der Waals surface area contributed by atoms with Gasteiger partial charge in [0.05, 0.1) is 34.5 Å². The molecule has 0 bridgehead atoms. The number of carbonyl (C=O) groups excluding carboxylic acids is 1. The van der Waals surface area contributed by atoms with Gasteiger partial charge in [0, 0.05) is 23.7 Å². The quantitative estimate of drug-likeness (QED) is 0.340. The van der Waals surface area contributed by atoms with Crippen LogP contribution in [0.2, 0.25) is 10.0 Å². The molecule has 2 aromatic carbocycles. The van der Waals surface area contributed by atoms with Crippen LogP contribution in [-0.4, -0.2) is 40.3 Å². The number of benzene rings is 2. The minimum atomic E-state index is -0.653. The predicted octanol–water partition coefficient (Wildman–Crippen LogP) is 5.61. The Morgan fingerprint density at radius 2 is 2.00 bits per heavy atom. The molecule has 33 heavy (non-hydrogen) atoms. The van der Waals surface area contributed by atoms with Crippen LogP contribution in [0, 0.1) is 17.2 Å². The molecule has 2 atom stereocenters. The van der Waals surface area contributed by atoms with Gasteiger partial charge in [-0.3, -0.25) is 4.79 Å². The van der Waals surface area contributed by atoms with Gasteiger partial charge in [-0.15, -0.1) is 0 Å². The van der Waals surface area contributed by atoms with Gasteiger partial charge >= 0.3 is 5.97 Å². The van der Waals surface area contributed by atoms with Crippen LogP contribution >= 0.6 is 35.1 Å². The molecule has 0 saturated carbocycles. The summed E-state index contributed by atoms with van der Waals surface area (Å²) < 4.78 is 22.8. The molecule has 0 amide bonds. The molecule has 2 unspecified atom stereocenters. The lowest BCUT2D eigenvalue weighted by molar-refractivity contribution is -0.160. The van der Waals surface area contributed by atoms with Crippen molar-refractivity contribution in [2.24, 2.45) is 11.3 Å². The summed E-state index contributed by atoms with van der Waals surface area (Å²) in [7, 11) is 1.46. The van der Waals surface area contributed by atoms with Gasteiger partial charge in [0.2, 0.25) is 0 Å². The van der Waals surface area contributed by atoms with Crippen molar-refractivity contribution >= 4 is 41.1 Å². The molecule has 2 aliphatic rings. The summed E-state index contributed by atoms with van der Waals surface area (Å²) in [5.74, 6) is -0.345. The van der Waals surface area contributed by atoms with Gasteiger partial charge in [-0.25, -0.2) is 13.4 Å². The molecule has 3 aromatic rings. The van der Waals surface area contributed by atoms with Gasteiger partial charge in [-0.2, -0.15) is 5.10 Å². The Morgan fingerprint density at radius 1 is 1.21 bits per heavy atom. The Hall–Kier alpha value is -2.06. The van der Waals surface area contributed by atoms with Gasteiger partial charge < -0.3 is 4.74 Å². The monoisotopic (exact) mass is 505 g/mol. The third-order valence-electron chi connectivity index (χ3n) is 6.66. The summed E-state index contributed by atoms with van der Waals surface area (Å²) in [4.78, 5) is 14.2. The zero-order chi connectivity index (χ0) is 23.2. The maximum absolute atomic E-state index is 13.4. The first-order valence-corrected chi connectivity index (χ1v) is 12.2. The minimum Gasteiger partial charge on any atom is -0.469 e. The number of aromatic nitrogens is 2. The van der Waals surface area contributed by atoms with Crippen molar-refractivity contribution in [3.05, 3.63) is 75.8 Å². The maximum atomic E-state index is 13.4. The first kappa shape index (κ1) is 22.7. The number of halogens is 3. The van der Waals surface area contributed by atoms with Crippen molar-refractivity contribution in [1.82, 2.24) is 14.1 Å². The number of methoxy groups -OCH3 is 1. The lowest BCUT2D eigenvalue weighted by Gasteiger charge is -2.48. The van der Waals surface area contributed by atoms with E-state index in [2.05, 4.69) is 9.40 Å². The van der Waals surface area contributed by atoms with Crippen LogP contribution in [-0.2, 0) is 22.4 Å². The standard InChI is InChI=1S/C24H22Cl2FN3O2S/c1-32-23(31)24-12-15-13-28-30(18-4-2-17(27)3-5-18)22(15)10-16(24)8-9-29(14-24)33-19-6-7-20(25)21(26)11-19/h2-7,11,13,16H,8-10,12,14H2,1H3. The first-order valence-electron chi connectivity index (χ1n) is 10.7.